The average molecular weight is 165 g/mol. The summed E-state index contributed by atoms with van der Waals surface area (Å²) in [6.45, 7) is 7.00. The van der Waals surface area contributed by atoms with Gasteiger partial charge in [0.2, 0.25) is 0 Å². The Kier molecular flexibility index (Phi) is 2.82. The lowest BCUT2D eigenvalue weighted by molar-refractivity contribution is 0.969. The smallest absolute Gasteiger partial charge is 0.0404 e. The molecule has 0 bridgehead atoms. The molecule has 0 amide bonds. The molecule has 1 rings (SSSR count). The van der Waals surface area contributed by atoms with Gasteiger partial charge in [-0.15, -0.1) is 0 Å². The molecule has 0 aromatic carbocycles. The topological polar surface area (TPSA) is 12.9 Å². The van der Waals surface area contributed by atoms with E-state index in [0.717, 1.165) is 0 Å². The lowest BCUT2D eigenvalue weighted by Gasteiger charge is -2.12. The SMILES string of the molecule is CC(c1ccccn1)[SiH](C)C. The quantitative estimate of drug-likeness (QED) is 0.612. The third kappa shape index (κ3) is 2.15. The van der Waals surface area contributed by atoms with Crippen LogP contribution in [0, 0.1) is 0 Å². The Labute approximate surface area is 70.1 Å². The van der Waals surface area contributed by atoms with Gasteiger partial charge in [0.1, 0.15) is 0 Å². The summed E-state index contributed by atoms with van der Waals surface area (Å²) in [7, 11) is -0.554. The van der Waals surface area contributed by atoms with Crippen molar-refractivity contribution in [3.05, 3.63) is 30.1 Å². The molecule has 0 saturated heterocycles. The zero-order valence-electron chi connectivity index (χ0n) is 7.41. The van der Waals surface area contributed by atoms with E-state index < -0.39 is 8.80 Å². The minimum Gasteiger partial charge on any atom is -0.261 e. The van der Waals surface area contributed by atoms with E-state index in [2.05, 4.69) is 37.1 Å². The fourth-order valence-electron chi connectivity index (χ4n) is 0.987. The van der Waals surface area contributed by atoms with Crippen molar-refractivity contribution in [1.29, 1.82) is 0 Å². The molecule has 1 aromatic heterocycles. The Morgan fingerprint density at radius 2 is 2.09 bits per heavy atom. The summed E-state index contributed by atoms with van der Waals surface area (Å²) in [6.07, 6.45) is 1.88. The van der Waals surface area contributed by atoms with Crippen molar-refractivity contribution in [2.75, 3.05) is 0 Å². The highest BCUT2D eigenvalue weighted by atomic mass is 28.3. The van der Waals surface area contributed by atoms with Gasteiger partial charge in [-0.1, -0.05) is 26.1 Å². The lowest BCUT2D eigenvalue weighted by Crippen LogP contribution is -2.13. The van der Waals surface area contributed by atoms with E-state index in [-0.39, 0.29) is 0 Å². The minimum absolute atomic E-state index is 0.554. The van der Waals surface area contributed by atoms with Crippen LogP contribution in [0.5, 0.6) is 0 Å². The van der Waals surface area contributed by atoms with Crippen LogP contribution in [0.3, 0.4) is 0 Å². The molecule has 0 spiro atoms. The number of rotatable bonds is 2. The van der Waals surface area contributed by atoms with Crippen LogP contribution in [-0.2, 0) is 0 Å². The maximum absolute atomic E-state index is 4.33. The second kappa shape index (κ2) is 3.67. The maximum atomic E-state index is 4.33. The third-order valence-corrected chi connectivity index (χ3v) is 4.50. The van der Waals surface area contributed by atoms with Crippen LogP contribution in [0.1, 0.15) is 18.2 Å². The van der Waals surface area contributed by atoms with Gasteiger partial charge in [0.25, 0.3) is 0 Å². The maximum Gasteiger partial charge on any atom is 0.0404 e. The number of aromatic nitrogens is 1. The molecule has 0 N–H and O–H groups in total. The second-order valence-corrected chi connectivity index (χ2v) is 6.78. The largest absolute Gasteiger partial charge is 0.261 e. The fraction of sp³-hybridized carbons (Fsp3) is 0.444. The first-order valence-corrected chi connectivity index (χ1v) is 7.10. The first kappa shape index (κ1) is 8.46. The molecule has 1 heterocycles. The van der Waals surface area contributed by atoms with E-state index in [1.165, 1.54) is 5.69 Å². The molecule has 11 heavy (non-hydrogen) atoms. The van der Waals surface area contributed by atoms with Crippen LogP contribution in [-0.4, -0.2) is 13.8 Å². The molecule has 60 valence electrons. The van der Waals surface area contributed by atoms with Gasteiger partial charge in [-0.2, -0.15) is 0 Å². The van der Waals surface area contributed by atoms with Gasteiger partial charge in [0, 0.05) is 20.7 Å². The first-order chi connectivity index (χ1) is 5.22. The minimum atomic E-state index is -0.554. The van der Waals surface area contributed by atoms with E-state index >= 15 is 0 Å². The standard InChI is InChI=1S/C9H15NSi/c1-8(11(2)3)9-6-4-5-7-10-9/h4-8,11H,1-3H3. The van der Waals surface area contributed by atoms with Crippen molar-refractivity contribution in [1.82, 2.24) is 4.98 Å². The monoisotopic (exact) mass is 165 g/mol. The molecule has 2 heteroatoms. The molecule has 1 unspecified atom stereocenters. The summed E-state index contributed by atoms with van der Waals surface area (Å²) in [6, 6.07) is 6.16. The van der Waals surface area contributed by atoms with Crippen molar-refractivity contribution in [3.63, 3.8) is 0 Å². The van der Waals surface area contributed by atoms with Crippen molar-refractivity contribution in [3.8, 4) is 0 Å². The van der Waals surface area contributed by atoms with Crippen LogP contribution in [0.15, 0.2) is 24.4 Å². The molecule has 1 atom stereocenters. The number of hydrogen-bond acceptors (Lipinski definition) is 1. The first-order valence-electron chi connectivity index (χ1n) is 4.12. The van der Waals surface area contributed by atoms with Gasteiger partial charge in [-0.05, 0) is 17.7 Å². The predicted octanol–water partition coefficient (Wildman–Crippen LogP) is 2.21. The van der Waals surface area contributed by atoms with Crippen LogP contribution < -0.4 is 0 Å². The molecule has 0 saturated carbocycles. The molecule has 1 nitrogen and oxygen atoms in total. The third-order valence-electron chi connectivity index (χ3n) is 2.15. The normalized spacial score (nSPS) is 13.5. The molecular formula is C9H15NSi. The molecule has 0 radical (unpaired) electrons. The molecule has 0 aliphatic carbocycles. The Morgan fingerprint density at radius 3 is 2.55 bits per heavy atom. The average Bonchev–Trinajstić information content (AvgIpc) is 2.05. The molecule has 0 fully saturated rings. The lowest BCUT2D eigenvalue weighted by atomic mass is 10.3. The van der Waals surface area contributed by atoms with Gasteiger partial charge >= 0.3 is 0 Å². The van der Waals surface area contributed by atoms with E-state index in [0.29, 0.717) is 5.54 Å². The van der Waals surface area contributed by atoms with Gasteiger partial charge in [0.15, 0.2) is 0 Å². The van der Waals surface area contributed by atoms with Gasteiger partial charge in [-0.25, -0.2) is 0 Å². The highest BCUT2D eigenvalue weighted by molar-refractivity contribution is 6.57. The van der Waals surface area contributed by atoms with E-state index in [1.54, 1.807) is 0 Å². The Morgan fingerprint density at radius 1 is 1.36 bits per heavy atom. The summed E-state index contributed by atoms with van der Waals surface area (Å²) < 4.78 is 0. The van der Waals surface area contributed by atoms with Crippen LogP contribution >= 0.6 is 0 Å². The highest BCUT2D eigenvalue weighted by Crippen LogP contribution is 2.14. The van der Waals surface area contributed by atoms with Gasteiger partial charge < -0.3 is 0 Å². The number of pyridine rings is 1. The van der Waals surface area contributed by atoms with E-state index in [4.69, 9.17) is 0 Å². The van der Waals surface area contributed by atoms with Crippen molar-refractivity contribution in [2.24, 2.45) is 0 Å². The van der Waals surface area contributed by atoms with Crippen molar-refractivity contribution in [2.45, 2.75) is 25.6 Å². The summed E-state index contributed by atoms with van der Waals surface area (Å²) in [5.74, 6) is 0. The van der Waals surface area contributed by atoms with Crippen molar-refractivity contribution >= 4 is 8.80 Å². The van der Waals surface area contributed by atoms with Gasteiger partial charge in [-0.3, -0.25) is 4.98 Å². The van der Waals surface area contributed by atoms with Crippen molar-refractivity contribution < 1.29 is 0 Å². The van der Waals surface area contributed by atoms with E-state index in [1.807, 2.05) is 12.3 Å². The number of nitrogens with zero attached hydrogens (tertiary/aromatic N) is 1. The molecule has 0 aliphatic heterocycles. The zero-order valence-corrected chi connectivity index (χ0v) is 8.57. The molecule has 0 aliphatic rings. The van der Waals surface area contributed by atoms with Crippen LogP contribution in [0.2, 0.25) is 13.1 Å². The molecule has 1 aromatic rings. The van der Waals surface area contributed by atoms with Gasteiger partial charge in [0.05, 0.1) is 0 Å². The Bertz CT molecular complexity index is 208. The predicted molar refractivity (Wildman–Crippen MR) is 51.5 cm³/mol. The molecular weight excluding hydrogens is 150 g/mol. The Balaban J connectivity index is 2.77. The summed E-state index contributed by atoms with van der Waals surface area (Å²) in [5, 5.41) is 0. The summed E-state index contributed by atoms with van der Waals surface area (Å²) in [4.78, 5) is 4.33. The van der Waals surface area contributed by atoms with Crippen LogP contribution in [0.25, 0.3) is 0 Å². The second-order valence-electron chi connectivity index (χ2n) is 3.29. The fourth-order valence-corrected chi connectivity index (χ4v) is 1.87. The number of hydrogen-bond donors (Lipinski definition) is 0. The summed E-state index contributed by atoms with van der Waals surface area (Å²) >= 11 is 0. The van der Waals surface area contributed by atoms with Crippen LogP contribution in [0.4, 0.5) is 0 Å². The zero-order chi connectivity index (χ0) is 8.27. The Hall–Kier alpha value is -0.633. The summed E-state index contributed by atoms with van der Waals surface area (Å²) in [5.41, 5.74) is 1.96. The van der Waals surface area contributed by atoms with E-state index in [9.17, 15) is 0 Å². The highest BCUT2D eigenvalue weighted by Gasteiger charge is 2.10.